The van der Waals surface area contributed by atoms with E-state index in [0.717, 1.165) is 12.1 Å². The fraction of sp³-hybridized carbons (Fsp3) is 0.538. The Morgan fingerprint density at radius 1 is 1.00 bits per heavy atom. The van der Waals surface area contributed by atoms with Gasteiger partial charge in [-0.15, -0.1) is 0 Å². The van der Waals surface area contributed by atoms with E-state index in [-0.39, 0.29) is 13.2 Å². The van der Waals surface area contributed by atoms with Gasteiger partial charge < -0.3 is 9.31 Å². The van der Waals surface area contributed by atoms with Gasteiger partial charge in [0, 0.05) is 24.2 Å². The van der Waals surface area contributed by atoms with Crippen molar-refractivity contribution in [1.29, 1.82) is 0 Å². The summed E-state index contributed by atoms with van der Waals surface area (Å²) in [7, 11) is -2.24. The van der Waals surface area contributed by atoms with Crippen LogP contribution in [0.3, 0.4) is 0 Å². The van der Waals surface area contributed by atoms with Crippen molar-refractivity contribution in [2.75, 3.05) is 13.2 Å². The molecule has 0 unspecified atom stereocenters. The van der Waals surface area contributed by atoms with E-state index in [4.69, 9.17) is 9.31 Å². The monoisotopic (exact) mass is 290 g/mol. The maximum Gasteiger partial charge on any atom is 0.542 e. The molecule has 0 aliphatic carbocycles. The molecule has 0 bridgehead atoms. The lowest BCUT2D eigenvalue weighted by atomic mass is 9.71. The predicted octanol–water partition coefficient (Wildman–Crippen LogP) is 3.51. The second-order valence-corrected chi connectivity index (χ2v) is 5.68. The smallest absolute Gasteiger partial charge is 0.406 e. The van der Waals surface area contributed by atoms with Crippen molar-refractivity contribution in [1.82, 2.24) is 0 Å². The van der Waals surface area contributed by atoms with E-state index < -0.39 is 29.8 Å². The van der Waals surface area contributed by atoms with E-state index in [1.807, 2.05) is 0 Å². The molecule has 1 saturated heterocycles. The van der Waals surface area contributed by atoms with Gasteiger partial charge in [0.1, 0.15) is 0 Å². The number of hydrogen-bond acceptors (Lipinski definition) is 2. The Morgan fingerprint density at radius 2 is 1.50 bits per heavy atom. The van der Waals surface area contributed by atoms with Crippen LogP contribution in [0.4, 0.5) is 17.6 Å². The Labute approximate surface area is 115 Å². The average Bonchev–Trinajstić information content (AvgIpc) is 2.39. The third-order valence-corrected chi connectivity index (χ3v) is 3.10. The number of alkyl halides is 4. The first-order valence-corrected chi connectivity index (χ1v) is 6.21. The molecule has 2 rings (SSSR count). The molecule has 1 heterocycles. The molecule has 0 atom stereocenters. The lowest BCUT2D eigenvalue weighted by molar-refractivity contribution is -0.191. The van der Waals surface area contributed by atoms with Crippen molar-refractivity contribution in [3.05, 3.63) is 35.9 Å². The summed E-state index contributed by atoms with van der Waals surface area (Å²) in [5.74, 6) is -8.80. The molecule has 0 saturated carbocycles. The van der Waals surface area contributed by atoms with Gasteiger partial charge in [0.2, 0.25) is 0 Å². The Bertz CT molecular complexity index is 455. The van der Waals surface area contributed by atoms with Gasteiger partial charge in [-0.1, -0.05) is 44.2 Å². The summed E-state index contributed by atoms with van der Waals surface area (Å²) < 4.78 is 65.7. The van der Waals surface area contributed by atoms with Crippen LogP contribution >= 0.6 is 0 Å². The SMILES string of the molecule is CC1(C)COB(C(F)(F)C(F)(F)c2ccccc2)OC1. The summed E-state index contributed by atoms with van der Waals surface area (Å²) in [5.41, 5.74) is -1.23. The molecule has 0 spiro atoms. The third kappa shape index (κ3) is 2.69. The van der Waals surface area contributed by atoms with Gasteiger partial charge >= 0.3 is 18.9 Å². The summed E-state index contributed by atoms with van der Waals surface area (Å²) in [4.78, 5) is 0. The number of rotatable bonds is 3. The van der Waals surface area contributed by atoms with Crippen LogP contribution in [0.1, 0.15) is 19.4 Å². The van der Waals surface area contributed by atoms with Crippen LogP contribution in [0.5, 0.6) is 0 Å². The summed E-state index contributed by atoms with van der Waals surface area (Å²) in [6, 6.07) is 5.96. The minimum absolute atomic E-state index is 0.0574. The van der Waals surface area contributed by atoms with E-state index in [9.17, 15) is 17.6 Å². The van der Waals surface area contributed by atoms with Crippen LogP contribution in [-0.4, -0.2) is 26.2 Å². The van der Waals surface area contributed by atoms with Crippen molar-refractivity contribution in [2.24, 2.45) is 5.41 Å². The van der Waals surface area contributed by atoms with Gasteiger partial charge in [-0.3, -0.25) is 0 Å². The van der Waals surface area contributed by atoms with Gasteiger partial charge in [-0.25, -0.2) is 8.78 Å². The molecule has 0 N–H and O–H groups in total. The maximum atomic E-state index is 14.0. The highest BCUT2D eigenvalue weighted by Crippen LogP contribution is 2.45. The van der Waals surface area contributed by atoms with Crippen LogP contribution in [0.25, 0.3) is 0 Å². The van der Waals surface area contributed by atoms with E-state index in [1.54, 1.807) is 13.8 Å². The molecule has 0 radical (unpaired) electrons. The third-order valence-electron chi connectivity index (χ3n) is 3.10. The van der Waals surface area contributed by atoms with Gasteiger partial charge in [0.05, 0.1) is 0 Å². The second-order valence-electron chi connectivity index (χ2n) is 5.68. The molecular weight excluding hydrogens is 275 g/mol. The van der Waals surface area contributed by atoms with Crippen molar-refractivity contribution in [2.45, 2.75) is 25.6 Å². The van der Waals surface area contributed by atoms with E-state index in [1.165, 1.54) is 18.2 Å². The minimum Gasteiger partial charge on any atom is -0.406 e. The second kappa shape index (κ2) is 5.04. The molecule has 2 nitrogen and oxygen atoms in total. The van der Waals surface area contributed by atoms with E-state index in [2.05, 4.69) is 0 Å². The Hall–Kier alpha value is -1.08. The fourth-order valence-electron chi connectivity index (χ4n) is 1.89. The Kier molecular flexibility index (Phi) is 3.86. The highest BCUT2D eigenvalue weighted by Gasteiger charge is 2.68. The molecule has 110 valence electrons. The zero-order chi connectivity index (χ0) is 15.0. The van der Waals surface area contributed by atoms with Crippen LogP contribution < -0.4 is 0 Å². The molecule has 1 aliphatic rings. The molecule has 0 aromatic heterocycles. The first-order chi connectivity index (χ1) is 9.17. The first-order valence-electron chi connectivity index (χ1n) is 6.21. The lowest BCUT2D eigenvalue weighted by Crippen LogP contribution is -2.57. The Balaban J connectivity index is 2.21. The van der Waals surface area contributed by atoms with Crippen molar-refractivity contribution < 1.29 is 26.9 Å². The van der Waals surface area contributed by atoms with Crippen molar-refractivity contribution in [3.63, 3.8) is 0 Å². The molecule has 20 heavy (non-hydrogen) atoms. The van der Waals surface area contributed by atoms with Gasteiger partial charge in [-0.05, 0) is 0 Å². The molecule has 0 amide bonds. The maximum absolute atomic E-state index is 14.0. The van der Waals surface area contributed by atoms with E-state index in [0.29, 0.717) is 0 Å². The van der Waals surface area contributed by atoms with Crippen LogP contribution in [0, 0.1) is 5.41 Å². The summed E-state index contributed by atoms with van der Waals surface area (Å²) in [6.07, 6.45) is 0. The molecule has 1 aromatic rings. The molecule has 1 fully saturated rings. The fourth-order valence-corrected chi connectivity index (χ4v) is 1.89. The van der Waals surface area contributed by atoms with E-state index >= 15 is 0 Å². The summed E-state index contributed by atoms with van der Waals surface area (Å²) >= 11 is 0. The van der Waals surface area contributed by atoms with Crippen molar-refractivity contribution >= 4 is 7.12 Å². The van der Waals surface area contributed by atoms with Crippen LogP contribution in [0.15, 0.2) is 30.3 Å². The molecule has 7 heteroatoms. The standard InChI is InChI=1S/C13H15BF4O2/c1-11(2)8-19-14(20-9-11)13(17,18)12(15,16)10-6-4-3-5-7-10/h3-7H,8-9H2,1-2H3. The zero-order valence-corrected chi connectivity index (χ0v) is 11.2. The van der Waals surface area contributed by atoms with Crippen LogP contribution in [0.2, 0.25) is 0 Å². The number of halogens is 4. The lowest BCUT2D eigenvalue weighted by Gasteiger charge is -2.37. The van der Waals surface area contributed by atoms with Crippen molar-refractivity contribution in [3.8, 4) is 0 Å². The summed E-state index contributed by atoms with van der Waals surface area (Å²) in [5, 5.41) is 0. The van der Waals surface area contributed by atoms with Gasteiger partial charge in [0.25, 0.3) is 0 Å². The Morgan fingerprint density at radius 3 is 2.00 bits per heavy atom. The first kappa shape index (κ1) is 15.3. The topological polar surface area (TPSA) is 18.5 Å². The largest absolute Gasteiger partial charge is 0.542 e. The highest BCUT2D eigenvalue weighted by atomic mass is 19.3. The molecule has 1 aliphatic heterocycles. The minimum atomic E-state index is -4.44. The molecule has 1 aromatic carbocycles. The average molecular weight is 290 g/mol. The summed E-state index contributed by atoms with van der Waals surface area (Å²) in [6.45, 7) is 3.38. The zero-order valence-electron chi connectivity index (χ0n) is 11.2. The highest BCUT2D eigenvalue weighted by molar-refractivity contribution is 6.48. The van der Waals surface area contributed by atoms with Gasteiger partial charge in [-0.2, -0.15) is 8.78 Å². The quantitative estimate of drug-likeness (QED) is 0.626. The van der Waals surface area contributed by atoms with Gasteiger partial charge in [0.15, 0.2) is 0 Å². The number of benzene rings is 1. The number of hydrogen-bond donors (Lipinski definition) is 0. The van der Waals surface area contributed by atoms with Crippen LogP contribution in [-0.2, 0) is 15.2 Å². The molecular formula is C13H15BF4O2. The normalized spacial score (nSPS) is 20.0. The predicted molar refractivity (Wildman–Crippen MR) is 66.7 cm³/mol.